The van der Waals surface area contributed by atoms with Gasteiger partial charge in [-0.3, -0.25) is 9.89 Å². The lowest BCUT2D eigenvalue weighted by Crippen LogP contribution is -2.15. The number of hydrogen-bond acceptors (Lipinski definition) is 3. The Morgan fingerprint density at radius 2 is 2.06 bits per heavy atom. The summed E-state index contributed by atoms with van der Waals surface area (Å²) >= 11 is 6.60. The molecule has 2 N–H and O–H groups in total. The molecule has 0 unspecified atom stereocenters. The van der Waals surface area contributed by atoms with Gasteiger partial charge in [0.05, 0.1) is 28.2 Å². The number of aromatic nitrogens is 4. The topological polar surface area (TPSA) is 75.1 Å². The molecule has 0 bridgehead atoms. The number of rotatable bonds is 4. The van der Waals surface area contributed by atoms with E-state index in [4.69, 9.17) is 11.6 Å². The Balaban J connectivity index is 1.42. The van der Waals surface area contributed by atoms with Gasteiger partial charge in [-0.15, -0.1) is 0 Å². The normalized spacial score (nSPS) is 21.0. The first-order chi connectivity index (χ1) is 15.5. The van der Waals surface area contributed by atoms with Crippen molar-refractivity contribution in [1.29, 1.82) is 0 Å². The van der Waals surface area contributed by atoms with Gasteiger partial charge in [0.15, 0.2) is 5.82 Å². The highest BCUT2D eigenvalue weighted by molar-refractivity contribution is 6.35. The number of fused-ring (bicyclic) bond motifs is 2. The fraction of sp³-hybridized carbons (Fsp3) is 0.348. The molecule has 2 saturated carbocycles. The standard InChI is InChI=1S/C23H20ClF2N5O/c24-20-18(15-10-27-29-22(15)19(21(20)26)11-3-1-2-4-11)12-5-6-31-13(7-12)8-17(30-31)28-23(32)14-9-16(14)25/h5-8,10-11,14,16H,1-4,9H2,(H,27,29)(H,28,30,32)/t14-,16+/m1/s1. The van der Waals surface area contributed by atoms with Crippen molar-refractivity contribution >= 4 is 39.7 Å². The predicted octanol–water partition coefficient (Wildman–Crippen LogP) is 5.62. The monoisotopic (exact) mass is 455 g/mol. The zero-order chi connectivity index (χ0) is 22.0. The van der Waals surface area contributed by atoms with Crippen LogP contribution in [0.3, 0.4) is 0 Å². The summed E-state index contributed by atoms with van der Waals surface area (Å²) in [5, 5.41) is 15.0. The predicted molar refractivity (Wildman–Crippen MR) is 118 cm³/mol. The number of pyridine rings is 1. The zero-order valence-corrected chi connectivity index (χ0v) is 17.8. The second-order valence-corrected chi connectivity index (χ2v) is 9.10. The maximum Gasteiger partial charge on any atom is 0.231 e. The van der Waals surface area contributed by atoms with Crippen LogP contribution in [0.15, 0.2) is 30.6 Å². The molecule has 3 aromatic heterocycles. The average molecular weight is 456 g/mol. The largest absolute Gasteiger partial charge is 0.309 e. The number of carbonyl (C=O) groups excluding carboxylic acids is 1. The van der Waals surface area contributed by atoms with Crippen LogP contribution >= 0.6 is 11.6 Å². The van der Waals surface area contributed by atoms with E-state index < -0.39 is 17.9 Å². The Morgan fingerprint density at radius 1 is 1.28 bits per heavy atom. The second kappa shape index (κ2) is 7.27. The van der Waals surface area contributed by atoms with Gasteiger partial charge in [-0.1, -0.05) is 24.4 Å². The van der Waals surface area contributed by atoms with Gasteiger partial charge in [0.2, 0.25) is 5.91 Å². The molecule has 6 rings (SSSR count). The van der Waals surface area contributed by atoms with E-state index >= 15 is 4.39 Å². The van der Waals surface area contributed by atoms with Gasteiger partial charge < -0.3 is 5.32 Å². The van der Waals surface area contributed by atoms with Crippen molar-refractivity contribution in [2.45, 2.75) is 44.2 Å². The number of nitrogens with one attached hydrogen (secondary N) is 2. The van der Waals surface area contributed by atoms with Crippen LogP contribution in [-0.2, 0) is 4.79 Å². The fourth-order valence-corrected chi connectivity index (χ4v) is 5.19. The van der Waals surface area contributed by atoms with E-state index in [9.17, 15) is 9.18 Å². The van der Waals surface area contributed by atoms with Crippen LogP contribution in [0.2, 0.25) is 5.02 Å². The third kappa shape index (κ3) is 3.08. The number of amides is 1. The van der Waals surface area contributed by atoms with Gasteiger partial charge in [0.25, 0.3) is 0 Å². The molecule has 2 aliphatic carbocycles. The maximum absolute atomic E-state index is 15.5. The van der Waals surface area contributed by atoms with Gasteiger partial charge in [-0.2, -0.15) is 10.2 Å². The summed E-state index contributed by atoms with van der Waals surface area (Å²) in [6.07, 6.45) is 6.66. The van der Waals surface area contributed by atoms with E-state index in [1.54, 1.807) is 29.0 Å². The van der Waals surface area contributed by atoms with Crippen molar-refractivity contribution in [2.24, 2.45) is 5.92 Å². The minimum absolute atomic E-state index is 0.0842. The minimum atomic E-state index is -1.07. The Morgan fingerprint density at radius 3 is 2.81 bits per heavy atom. The van der Waals surface area contributed by atoms with Crippen molar-refractivity contribution < 1.29 is 13.6 Å². The van der Waals surface area contributed by atoms with Crippen LogP contribution in [0.4, 0.5) is 14.6 Å². The quantitative estimate of drug-likeness (QED) is 0.419. The van der Waals surface area contributed by atoms with E-state index in [0.29, 0.717) is 28.0 Å². The van der Waals surface area contributed by atoms with Crippen molar-refractivity contribution in [3.8, 4) is 11.1 Å². The number of carbonyl (C=O) groups is 1. The van der Waals surface area contributed by atoms with Crippen molar-refractivity contribution in [2.75, 3.05) is 5.32 Å². The number of aromatic amines is 1. The molecule has 2 aliphatic rings. The molecule has 0 radical (unpaired) electrons. The Bertz CT molecular complexity index is 1370. The molecule has 6 nitrogen and oxygen atoms in total. The number of H-pyrrole nitrogens is 1. The number of alkyl halides is 1. The van der Waals surface area contributed by atoms with Crippen molar-refractivity contribution in [3.05, 3.63) is 47.0 Å². The van der Waals surface area contributed by atoms with Crippen molar-refractivity contribution in [3.63, 3.8) is 0 Å². The average Bonchev–Trinajstić information content (AvgIpc) is 3.21. The fourth-order valence-electron chi connectivity index (χ4n) is 4.88. The van der Waals surface area contributed by atoms with Crippen LogP contribution in [0, 0.1) is 11.7 Å². The van der Waals surface area contributed by atoms with E-state index in [1.165, 1.54) is 0 Å². The SMILES string of the molecule is O=C(Nc1cc2cc(-c3c(Cl)c(F)c(C4CCCC4)c4[nH]ncc34)ccn2n1)[C@@H]1C[C@@H]1F. The summed E-state index contributed by atoms with van der Waals surface area (Å²) in [6.45, 7) is 0. The number of benzene rings is 1. The first-order valence-electron chi connectivity index (χ1n) is 10.8. The number of hydrogen-bond donors (Lipinski definition) is 2. The highest BCUT2D eigenvalue weighted by atomic mass is 35.5. The third-order valence-corrected chi connectivity index (χ3v) is 7.00. The van der Waals surface area contributed by atoms with Crippen LogP contribution in [-0.4, -0.2) is 31.9 Å². The lowest BCUT2D eigenvalue weighted by atomic mass is 9.91. The van der Waals surface area contributed by atoms with Crippen molar-refractivity contribution in [1.82, 2.24) is 19.8 Å². The number of anilines is 1. The molecule has 164 valence electrons. The molecule has 0 spiro atoms. The van der Waals surface area contributed by atoms with Gasteiger partial charge >= 0.3 is 0 Å². The third-order valence-electron chi connectivity index (χ3n) is 6.64. The molecular formula is C23H20ClF2N5O. The highest BCUT2D eigenvalue weighted by Gasteiger charge is 2.43. The zero-order valence-electron chi connectivity index (χ0n) is 17.0. The van der Waals surface area contributed by atoms with Crippen LogP contribution in [0.5, 0.6) is 0 Å². The molecule has 0 saturated heterocycles. The molecule has 0 aliphatic heterocycles. The first-order valence-corrected chi connectivity index (χ1v) is 11.2. The van der Waals surface area contributed by atoms with Gasteiger partial charge in [0.1, 0.15) is 12.0 Å². The van der Waals surface area contributed by atoms with Gasteiger partial charge in [-0.25, -0.2) is 13.3 Å². The summed E-state index contributed by atoms with van der Waals surface area (Å²) < 4.78 is 30.2. The lowest BCUT2D eigenvalue weighted by molar-refractivity contribution is -0.117. The highest BCUT2D eigenvalue weighted by Crippen LogP contribution is 2.45. The lowest BCUT2D eigenvalue weighted by Gasteiger charge is -2.16. The summed E-state index contributed by atoms with van der Waals surface area (Å²) in [6, 6.07) is 5.33. The van der Waals surface area contributed by atoms with Crippen LogP contribution in [0.1, 0.15) is 43.6 Å². The molecule has 3 heterocycles. The smallest absolute Gasteiger partial charge is 0.231 e. The van der Waals surface area contributed by atoms with Gasteiger partial charge in [0, 0.05) is 28.8 Å². The molecule has 32 heavy (non-hydrogen) atoms. The molecular weight excluding hydrogens is 436 g/mol. The maximum atomic E-state index is 15.5. The number of halogens is 3. The van der Waals surface area contributed by atoms with E-state index in [1.807, 2.05) is 6.07 Å². The summed E-state index contributed by atoms with van der Waals surface area (Å²) in [5.74, 6) is -0.868. The Hall–Kier alpha value is -3.00. The number of nitrogens with zero attached hydrogens (tertiary/aromatic N) is 3. The molecule has 2 fully saturated rings. The van der Waals surface area contributed by atoms with Crippen LogP contribution in [0.25, 0.3) is 27.5 Å². The van der Waals surface area contributed by atoms with E-state index in [-0.39, 0.29) is 23.3 Å². The van der Waals surface area contributed by atoms with Crippen LogP contribution < -0.4 is 5.32 Å². The summed E-state index contributed by atoms with van der Waals surface area (Å²) in [7, 11) is 0. The van der Waals surface area contributed by atoms with E-state index in [0.717, 1.165) is 36.6 Å². The molecule has 2 atom stereocenters. The molecule has 4 aromatic rings. The van der Waals surface area contributed by atoms with Gasteiger partial charge in [-0.05, 0) is 42.9 Å². The molecule has 1 amide bonds. The van der Waals surface area contributed by atoms with E-state index in [2.05, 4.69) is 20.6 Å². The molecule has 9 heteroatoms. The summed E-state index contributed by atoms with van der Waals surface area (Å²) in [5.41, 5.74) is 3.31. The Labute approximate surface area is 186 Å². The molecule has 1 aromatic carbocycles. The second-order valence-electron chi connectivity index (χ2n) is 8.72. The minimum Gasteiger partial charge on any atom is -0.309 e. The first kappa shape index (κ1) is 19.7. The Kier molecular flexibility index (Phi) is 4.47. The summed E-state index contributed by atoms with van der Waals surface area (Å²) in [4.78, 5) is 12.0.